The summed E-state index contributed by atoms with van der Waals surface area (Å²) in [5, 5.41) is 11.0. The fraction of sp³-hybridized carbons (Fsp3) is 0.212. The van der Waals surface area contributed by atoms with Crippen molar-refractivity contribution in [2.45, 2.75) is 24.9 Å². The summed E-state index contributed by atoms with van der Waals surface area (Å²) in [7, 11) is 3.09. The van der Waals surface area contributed by atoms with Crippen molar-refractivity contribution >= 4 is 17.7 Å². The summed E-state index contributed by atoms with van der Waals surface area (Å²) in [5.41, 5.74) is 12.3. The maximum absolute atomic E-state index is 13.8. The van der Waals surface area contributed by atoms with Crippen LogP contribution >= 0.6 is 0 Å². The van der Waals surface area contributed by atoms with Crippen LogP contribution in [0.5, 0.6) is 11.5 Å². The number of carbonyl (C=O) groups is 2. The first-order valence-electron chi connectivity index (χ1n) is 13.3. The van der Waals surface area contributed by atoms with E-state index in [0.29, 0.717) is 17.2 Å². The summed E-state index contributed by atoms with van der Waals surface area (Å²) in [5.74, 6) is -0.346. The molecule has 41 heavy (non-hydrogen) atoms. The van der Waals surface area contributed by atoms with E-state index < -0.39 is 18.1 Å². The van der Waals surface area contributed by atoms with Crippen LogP contribution in [0.25, 0.3) is 11.1 Å². The molecule has 8 heteroatoms. The molecule has 0 fully saturated rings. The number of ether oxygens (including phenoxy) is 3. The van der Waals surface area contributed by atoms with E-state index in [9.17, 15) is 14.7 Å². The van der Waals surface area contributed by atoms with Crippen molar-refractivity contribution in [1.82, 2.24) is 0 Å². The molecule has 1 aliphatic rings. The minimum Gasteiger partial charge on any atom is -0.497 e. The topological polar surface area (TPSA) is 111 Å². The minimum atomic E-state index is -1.30. The Morgan fingerprint density at radius 1 is 0.829 bits per heavy atom. The normalized spacial score (nSPS) is 12.7. The number of benzene rings is 4. The molecule has 1 radical (unpaired) electrons. The molecular formula is C33H31N2O6. The molecular weight excluding hydrogens is 520 g/mol. The van der Waals surface area contributed by atoms with Crippen LogP contribution in [0.1, 0.15) is 28.2 Å². The van der Waals surface area contributed by atoms with Crippen LogP contribution in [-0.4, -0.2) is 38.9 Å². The van der Waals surface area contributed by atoms with Crippen molar-refractivity contribution in [3.05, 3.63) is 113 Å². The maximum atomic E-state index is 13.8. The Bertz CT molecular complexity index is 1510. The first-order chi connectivity index (χ1) is 19.9. The number of hydrogen-bond donors (Lipinski definition) is 1. The van der Waals surface area contributed by atoms with Crippen LogP contribution in [0, 0.1) is 0 Å². The molecule has 0 saturated heterocycles. The van der Waals surface area contributed by atoms with Crippen molar-refractivity contribution in [2.24, 2.45) is 5.73 Å². The highest BCUT2D eigenvalue weighted by molar-refractivity contribution is 5.90. The van der Waals surface area contributed by atoms with Crippen molar-refractivity contribution in [2.75, 3.05) is 25.7 Å². The van der Waals surface area contributed by atoms with Crippen LogP contribution < -0.4 is 20.1 Å². The Kier molecular flexibility index (Phi) is 8.21. The Morgan fingerprint density at radius 3 is 2.02 bits per heavy atom. The fourth-order valence-electron chi connectivity index (χ4n) is 5.23. The van der Waals surface area contributed by atoms with Gasteiger partial charge >= 0.3 is 12.1 Å². The molecule has 0 bridgehead atoms. The molecule has 0 aromatic heterocycles. The zero-order valence-electron chi connectivity index (χ0n) is 22.9. The molecule has 0 aliphatic heterocycles. The SMILES string of the molecule is COc1ccc(N(Cc2ccc(C[C@H](N)C([O])=O)cc2)C(=O)OCC2c3ccccc3-c3ccccc32)c(OC)c1. The lowest BCUT2D eigenvalue weighted by atomic mass is 9.98. The van der Waals surface area contributed by atoms with Gasteiger partial charge in [0.25, 0.3) is 0 Å². The fourth-order valence-corrected chi connectivity index (χ4v) is 5.23. The van der Waals surface area contributed by atoms with Gasteiger partial charge in [0, 0.05) is 12.0 Å². The maximum Gasteiger partial charge on any atom is 0.414 e. The Labute approximate surface area is 238 Å². The second-order valence-corrected chi connectivity index (χ2v) is 9.87. The zero-order chi connectivity index (χ0) is 28.9. The van der Waals surface area contributed by atoms with E-state index in [1.807, 2.05) is 36.4 Å². The molecule has 4 aromatic rings. The van der Waals surface area contributed by atoms with Gasteiger partial charge in [0.1, 0.15) is 24.1 Å². The lowest BCUT2D eigenvalue weighted by Crippen LogP contribution is -2.32. The van der Waals surface area contributed by atoms with Gasteiger partial charge < -0.3 is 19.9 Å². The van der Waals surface area contributed by atoms with Gasteiger partial charge in [-0.25, -0.2) is 14.7 Å². The summed E-state index contributed by atoms with van der Waals surface area (Å²) in [6.07, 6.45) is -0.385. The van der Waals surface area contributed by atoms with Gasteiger partial charge in [-0.2, -0.15) is 0 Å². The standard InChI is InChI=1S/C33H31N2O6/c1-39-23-15-16-30(31(18-23)40-2)35(19-22-13-11-21(12-14-22)17-29(34)32(36)37)33(38)41-20-28-26-9-5-3-7-24(26)25-8-4-6-10-27(25)28/h3-16,18,28-29H,17,19-20,34H2,1-2H3/t29-/m0/s1. The zero-order valence-corrected chi connectivity index (χ0v) is 22.9. The van der Waals surface area contributed by atoms with Crippen molar-refractivity contribution in [1.29, 1.82) is 0 Å². The first kappa shape index (κ1) is 27.7. The minimum absolute atomic E-state index is 0.0850. The highest BCUT2D eigenvalue weighted by atomic mass is 16.6. The van der Waals surface area contributed by atoms with E-state index in [2.05, 4.69) is 24.3 Å². The van der Waals surface area contributed by atoms with E-state index in [4.69, 9.17) is 19.9 Å². The number of fused-ring (bicyclic) bond motifs is 3. The van der Waals surface area contributed by atoms with Crippen molar-refractivity contribution in [3.63, 3.8) is 0 Å². The Hall–Kier alpha value is -4.82. The lowest BCUT2D eigenvalue weighted by molar-refractivity contribution is -0.144. The van der Waals surface area contributed by atoms with Gasteiger partial charge in [-0.15, -0.1) is 0 Å². The van der Waals surface area contributed by atoms with Crippen LogP contribution in [0.4, 0.5) is 10.5 Å². The second-order valence-electron chi connectivity index (χ2n) is 9.87. The molecule has 1 amide bonds. The van der Waals surface area contributed by atoms with Crippen LogP contribution in [0.2, 0.25) is 0 Å². The third kappa shape index (κ3) is 5.88. The Morgan fingerprint density at radius 2 is 1.44 bits per heavy atom. The number of nitrogens with zero attached hydrogens (tertiary/aromatic N) is 1. The third-order valence-corrected chi connectivity index (χ3v) is 7.36. The summed E-state index contributed by atoms with van der Waals surface area (Å²) >= 11 is 0. The number of methoxy groups -OCH3 is 2. The summed E-state index contributed by atoms with van der Waals surface area (Å²) in [6, 6.07) is 27.7. The molecule has 0 unspecified atom stereocenters. The molecule has 1 atom stereocenters. The smallest absolute Gasteiger partial charge is 0.414 e. The molecule has 209 valence electrons. The molecule has 0 saturated carbocycles. The molecule has 0 heterocycles. The van der Waals surface area contributed by atoms with E-state index in [1.165, 1.54) is 12.0 Å². The Balaban J connectivity index is 1.41. The molecule has 1 aliphatic carbocycles. The van der Waals surface area contributed by atoms with Gasteiger partial charge in [-0.05, 0) is 51.9 Å². The van der Waals surface area contributed by atoms with Gasteiger partial charge in [-0.3, -0.25) is 4.90 Å². The van der Waals surface area contributed by atoms with Crippen LogP contribution in [0.15, 0.2) is 91.0 Å². The molecule has 8 nitrogen and oxygen atoms in total. The summed E-state index contributed by atoms with van der Waals surface area (Å²) < 4.78 is 16.9. The summed E-state index contributed by atoms with van der Waals surface area (Å²) in [4.78, 5) is 26.3. The third-order valence-electron chi connectivity index (χ3n) is 7.36. The van der Waals surface area contributed by atoms with Crippen LogP contribution in [0.3, 0.4) is 0 Å². The van der Waals surface area contributed by atoms with E-state index in [-0.39, 0.29) is 25.5 Å². The van der Waals surface area contributed by atoms with Crippen molar-refractivity contribution < 1.29 is 28.9 Å². The van der Waals surface area contributed by atoms with Crippen LogP contribution in [-0.2, 0) is 27.6 Å². The average molecular weight is 552 g/mol. The largest absolute Gasteiger partial charge is 0.497 e. The monoisotopic (exact) mass is 551 g/mol. The highest BCUT2D eigenvalue weighted by Gasteiger charge is 2.30. The summed E-state index contributed by atoms with van der Waals surface area (Å²) in [6.45, 7) is 0.355. The molecule has 2 N–H and O–H groups in total. The highest BCUT2D eigenvalue weighted by Crippen LogP contribution is 2.44. The number of hydrogen-bond acceptors (Lipinski definition) is 6. The number of rotatable bonds is 10. The predicted molar refractivity (Wildman–Crippen MR) is 155 cm³/mol. The van der Waals surface area contributed by atoms with Gasteiger partial charge in [-0.1, -0.05) is 72.8 Å². The number of carbonyl (C=O) groups excluding carboxylic acids is 2. The second kappa shape index (κ2) is 12.1. The van der Waals surface area contributed by atoms with Gasteiger partial charge in [0.05, 0.1) is 26.5 Å². The number of nitrogens with two attached hydrogens (primary N) is 1. The van der Waals surface area contributed by atoms with E-state index in [1.54, 1.807) is 37.4 Å². The quantitative estimate of drug-likeness (QED) is 0.279. The molecule has 4 aromatic carbocycles. The lowest BCUT2D eigenvalue weighted by Gasteiger charge is -2.25. The predicted octanol–water partition coefficient (Wildman–Crippen LogP) is 5.49. The van der Waals surface area contributed by atoms with E-state index in [0.717, 1.165) is 33.4 Å². The molecule has 5 rings (SSSR count). The first-order valence-corrected chi connectivity index (χ1v) is 13.3. The average Bonchev–Trinajstić information content (AvgIpc) is 3.32. The van der Waals surface area contributed by atoms with Crippen molar-refractivity contribution in [3.8, 4) is 22.6 Å². The number of amides is 1. The van der Waals surface area contributed by atoms with E-state index >= 15 is 0 Å². The van der Waals surface area contributed by atoms with Gasteiger partial charge in [0.15, 0.2) is 0 Å². The number of anilines is 1. The van der Waals surface area contributed by atoms with Gasteiger partial charge in [0.2, 0.25) is 0 Å². The molecule has 0 spiro atoms.